The van der Waals surface area contributed by atoms with Crippen LogP contribution in [0.2, 0.25) is 0 Å². The van der Waals surface area contributed by atoms with Gasteiger partial charge in [-0.1, -0.05) is 50.6 Å². The molecule has 1 atom stereocenters. The van der Waals surface area contributed by atoms with E-state index in [4.69, 9.17) is 0 Å². The summed E-state index contributed by atoms with van der Waals surface area (Å²) in [7, 11) is 0. The standard InChI is InChI=1S/C17H28N2/c1-3-19(4-2)17(16-11-6-5-7-12-16)14-18-13-15-9-8-10-15/h5-7,11-12,15,17-18H,3-4,8-10,13-14H2,1-2H3. The van der Waals surface area contributed by atoms with E-state index in [1.807, 2.05) is 0 Å². The summed E-state index contributed by atoms with van der Waals surface area (Å²) in [6.45, 7) is 9.01. The number of nitrogens with one attached hydrogen (secondary N) is 1. The van der Waals surface area contributed by atoms with E-state index >= 15 is 0 Å². The van der Waals surface area contributed by atoms with Gasteiger partial charge in [0.15, 0.2) is 0 Å². The molecule has 0 amide bonds. The molecule has 2 nitrogen and oxygen atoms in total. The van der Waals surface area contributed by atoms with Crippen molar-refractivity contribution in [1.82, 2.24) is 10.2 Å². The van der Waals surface area contributed by atoms with E-state index in [1.165, 1.54) is 31.4 Å². The van der Waals surface area contributed by atoms with Gasteiger partial charge in [-0.25, -0.2) is 0 Å². The summed E-state index contributed by atoms with van der Waals surface area (Å²) in [5.74, 6) is 0.938. The number of benzene rings is 1. The highest BCUT2D eigenvalue weighted by Crippen LogP contribution is 2.25. The summed E-state index contributed by atoms with van der Waals surface area (Å²) in [5.41, 5.74) is 1.44. The first-order valence-corrected chi connectivity index (χ1v) is 7.84. The monoisotopic (exact) mass is 260 g/mol. The third-order valence-corrected chi connectivity index (χ3v) is 4.43. The van der Waals surface area contributed by atoms with Gasteiger partial charge in [-0.15, -0.1) is 0 Å². The second kappa shape index (κ2) is 7.66. The Kier molecular flexibility index (Phi) is 5.87. The molecular formula is C17H28N2. The normalized spacial score (nSPS) is 17.4. The van der Waals surface area contributed by atoms with Crippen LogP contribution >= 0.6 is 0 Å². The maximum Gasteiger partial charge on any atom is 0.0472 e. The highest BCUT2D eigenvalue weighted by molar-refractivity contribution is 5.19. The zero-order valence-corrected chi connectivity index (χ0v) is 12.4. The summed E-state index contributed by atoms with van der Waals surface area (Å²) in [6.07, 6.45) is 4.28. The van der Waals surface area contributed by atoms with Gasteiger partial charge in [-0.3, -0.25) is 4.90 Å². The molecule has 106 valence electrons. The molecule has 0 aromatic heterocycles. The molecule has 0 saturated heterocycles. The molecule has 0 radical (unpaired) electrons. The molecule has 1 saturated carbocycles. The topological polar surface area (TPSA) is 15.3 Å². The van der Waals surface area contributed by atoms with Crippen LogP contribution in [-0.4, -0.2) is 31.1 Å². The lowest BCUT2D eigenvalue weighted by Crippen LogP contribution is -2.38. The zero-order valence-electron chi connectivity index (χ0n) is 12.4. The number of hydrogen-bond donors (Lipinski definition) is 1. The van der Waals surface area contributed by atoms with Crippen LogP contribution in [0.1, 0.15) is 44.7 Å². The first kappa shape index (κ1) is 14.5. The van der Waals surface area contributed by atoms with Crippen molar-refractivity contribution in [2.45, 2.75) is 39.2 Å². The largest absolute Gasteiger partial charge is 0.315 e. The fourth-order valence-electron chi connectivity index (χ4n) is 2.92. The maximum absolute atomic E-state index is 3.69. The van der Waals surface area contributed by atoms with Gasteiger partial charge < -0.3 is 5.32 Å². The number of nitrogens with zero attached hydrogens (tertiary/aromatic N) is 1. The van der Waals surface area contributed by atoms with Gasteiger partial charge in [0.1, 0.15) is 0 Å². The average Bonchev–Trinajstić information content (AvgIpc) is 2.41. The maximum atomic E-state index is 3.69. The molecule has 2 rings (SSSR count). The minimum atomic E-state index is 0.510. The fourth-order valence-corrected chi connectivity index (χ4v) is 2.92. The van der Waals surface area contributed by atoms with Crippen LogP contribution in [0.15, 0.2) is 30.3 Å². The van der Waals surface area contributed by atoms with E-state index in [0.29, 0.717) is 6.04 Å². The SMILES string of the molecule is CCN(CC)C(CNCC1CCC1)c1ccccc1. The third-order valence-electron chi connectivity index (χ3n) is 4.43. The molecule has 1 aliphatic rings. The zero-order chi connectivity index (χ0) is 13.5. The van der Waals surface area contributed by atoms with Gasteiger partial charge in [0.25, 0.3) is 0 Å². The predicted octanol–water partition coefficient (Wildman–Crippen LogP) is 3.46. The van der Waals surface area contributed by atoms with Crippen molar-refractivity contribution < 1.29 is 0 Å². The molecule has 0 heterocycles. The Labute approximate surface area is 118 Å². The first-order chi connectivity index (χ1) is 9.35. The van der Waals surface area contributed by atoms with Crippen molar-refractivity contribution in [1.29, 1.82) is 0 Å². The Morgan fingerprint density at radius 3 is 2.37 bits per heavy atom. The van der Waals surface area contributed by atoms with Crippen LogP contribution in [-0.2, 0) is 0 Å². The van der Waals surface area contributed by atoms with Crippen molar-refractivity contribution in [3.8, 4) is 0 Å². The van der Waals surface area contributed by atoms with Gasteiger partial charge in [0.2, 0.25) is 0 Å². The van der Waals surface area contributed by atoms with Gasteiger partial charge >= 0.3 is 0 Å². The van der Waals surface area contributed by atoms with Gasteiger partial charge in [-0.2, -0.15) is 0 Å². The highest BCUT2D eigenvalue weighted by atomic mass is 15.2. The second-order valence-corrected chi connectivity index (χ2v) is 5.60. The quantitative estimate of drug-likeness (QED) is 0.770. The van der Waals surface area contributed by atoms with E-state index < -0.39 is 0 Å². The lowest BCUT2D eigenvalue weighted by Gasteiger charge is -2.32. The fraction of sp³-hybridized carbons (Fsp3) is 0.647. The van der Waals surface area contributed by atoms with Crippen molar-refractivity contribution in [3.05, 3.63) is 35.9 Å². The first-order valence-electron chi connectivity index (χ1n) is 7.84. The molecule has 0 bridgehead atoms. The second-order valence-electron chi connectivity index (χ2n) is 5.60. The van der Waals surface area contributed by atoms with E-state index in [2.05, 4.69) is 54.4 Å². The highest BCUT2D eigenvalue weighted by Gasteiger charge is 2.20. The molecule has 1 aromatic carbocycles. The average molecular weight is 260 g/mol. The summed E-state index contributed by atoms with van der Waals surface area (Å²) in [4.78, 5) is 2.54. The third kappa shape index (κ3) is 4.05. The molecular weight excluding hydrogens is 232 g/mol. The molecule has 1 fully saturated rings. The number of hydrogen-bond acceptors (Lipinski definition) is 2. The lowest BCUT2D eigenvalue weighted by atomic mass is 9.85. The molecule has 19 heavy (non-hydrogen) atoms. The van der Waals surface area contributed by atoms with Crippen LogP contribution < -0.4 is 5.32 Å². The Hall–Kier alpha value is -0.860. The van der Waals surface area contributed by atoms with E-state index in [0.717, 1.165) is 25.6 Å². The van der Waals surface area contributed by atoms with Crippen LogP contribution in [0.25, 0.3) is 0 Å². The number of likely N-dealkylation sites (N-methyl/N-ethyl adjacent to an activating group) is 1. The minimum absolute atomic E-state index is 0.510. The van der Waals surface area contributed by atoms with Gasteiger partial charge in [-0.05, 0) is 44.0 Å². The molecule has 1 aromatic rings. The lowest BCUT2D eigenvalue weighted by molar-refractivity contribution is 0.205. The van der Waals surface area contributed by atoms with Gasteiger partial charge in [0.05, 0.1) is 0 Å². The summed E-state index contributed by atoms with van der Waals surface area (Å²) in [6, 6.07) is 11.4. The molecule has 2 heteroatoms. The Bertz CT molecular complexity index is 342. The van der Waals surface area contributed by atoms with Crippen LogP contribution in [0.5, 0.6) is 0 Å². The molecule has 1 N–H and O–H groups in total. The van der Waals surface area contributed by atoms with Crippen molar-refractivity contribution in [2.75, 3.05) is 26.2 Å². The van der Waals surface area contributed by atoms with E-state index in [1.54, 1.807) is 0 Å². The van der Waals surface area contributed by atoms with Crippen LogP contribution in [0.4, 0.5) is 0 Å². The Morgan fingerprint density at radius 2 is 1.84 bits per heavy atom. The smallest absolute Gasteiger partial charge is 0.0472 e. The van der Waals surface area contributed by atoms with E-state index in [9.17, 15) is 0 Å². The summed E-state index contributed by atoms with van der Waals surface area (Å²) < 4.78 is 0. The Balaban J connectivity index is 1.93. The summed E-state index contributed by atoms with van der Waals surface area (Å²) >= 11 is 0. The van der Waals surface area contributed by atoms with Crippen molar-refractivity contribution in [2.24, 2.45) is 5.92 Å². The number of rotatable bonds is 8. The van der Waals surface area contributed by atoms with Crippen molar-refractivity contribution >= 4 is 0 Å². The van der Waals surface area contributed by atoms with Gasteiger partial charge in [0, 0.05) is 12.6 Å². The van der Waals surface area contributed by atoms with Crippen molar-refractivity contribution in [3.63, 3.8) is 0 Å². The van der Waals surface area contributed by atoms with Crippen LogP contribution in [0, 0.1) is 5.92 Å². The molecule has 1 unspecified atom stereocenters. The van der Waals surface area contributed by atoms with Crippen LogP contribution in [0.3, 0.4) is 0 Å². The minimum Gasteiger partial charge on any atom is -0.315 e. The van der Waals surface area contributed by atoms with E-state index in [-0.39, 0.29) is 0 Å². The molecule has 0 aliphatic heterocycles. The summed E-state index contributed by atoms with van der Waals surface area (Å²) in [5, 5.41) is 3.69. The predicted molar refractivity (Wildman–Crippen MR) is 82.3 cm³/mol. The Morgan fingerprint density at radius 1 is 1.16 bits per heavy atom. The molecule has 0 spiro atoms. The molecule has 1 aliphatic carbocycles.